The van der Waals surface area contributed by atoms with Crippen molar-refractivity contribution in [1.82, 2.24) is 14.5 Å². The van der Waals surface area contributed by atoms with Crippen LogP contribution in [0.3, 0.4) is 0 Å². The first-order valence-electron chi connectivity index (χ1n) is 10.7. The maximum absolute atomic E-state index is 13.4. The molecule has 9 heteroatoms. The predicted molar refractivity (Wildman–Crippen MR) is 131 cm³/mol. The Morgan fingerprint density at radius 2 is 1.91 bits per heavy atom. The van der Waals surface area contributed by atoms with Crippen LogP contribution in [-0.2, 0) is 12.7 Å². The number of alkyl halides is 3. The molecule has 1 aliphatic rings. The molecule has 2 heterocycles. The van der Waals surface area contributed by atoms with Crippen molar-refractivity contribution in [2.45, 2.75) is 36.4 Å². The zero-order valence-corrected chi connectivity index (χ0v) is 19.8. The molecule has 2 aromatic carbocycles. The van der Waals surface area contributed by atoms with Gasteiger partial charge in [0, 0.05) is 48.5 Å². The average molecular weight is 491 g/mol. The lowest BCUT2D eigenvalue weighted by atomic mass is 9.96. The molecule has 0 saturated carbocycles. The van der Waals surface area contributed by atoms with Crippen LogP contribution >= 0.6 is 24.0 Å². The van der Waals surface area contributed by atoms with E-state index in [1.807, 2.05) is 23.0 Å². The first kappa shape index (κ1) is 23.6. The molecule has 0 aliphatic carbocycles. The number of anilines is 1. The quantitative estimate of drug-likeness (QED) is 0.338. The number of imidazole rings is 1. The third-order valence-corrected chi connectivity index (χ3v) is 6.97. The van der Waals surface area contributed by atoms with E-state index in [9.17, 15) is 13.2 Å². The minimum absolute atomic E-state index is 0.150. The van der Waals surface area contributed by atoms with Gasteiger partial charge in [-0.05, 0) is 61.1 Å². The van der Waals surface area contributed by atoms with Crippen LogP contribution in [0, 0.1) is 0 Å². The SMILES string of the molecule is CSc1cccc(NC(=S)N2CCC(c3nccn3Cc3ccccc3C(F)(F)F)CC2)c1. The van der Waals surface area contributed by atoms with E-state index in [-0.39, 0.29) is 18.0 Å². The van der Waals surface area contributed by atoms with Gasteiger partial charge in [-0.2, -0.15) is 13.2 Å². The maximum Gasteiger partial charge on any atom is 0.416 e. The molecule has 4 nitrogen and oxygen atoms in total. The van der Waals surface area contributed by atoms with Crippen LogP contribution in [0.4, 0.5) is 18.9 Å². The molecule has 1 N–H and O–H groups in total. The van der Waals surface area contributed by atoms with E-state index < -0.39 is 11.7 Å². The number of piperidine rings is 1. The van der Waals surface area contributed by atoms with Gasteiger partial charge < -0.3 is 14.8 Å². The number of thiocarbonyl (C=S) groups is 1. The highest BCUT2D eigenvalue weighted by molar-refractivity contribution is 7.98. The first-order chi connectivity index (χ1) is 15.8. The van der Waals surface area contributed by atoms with Gasteiger partial charge in [0.25, 0.3) is 0 Å². The summed E-state index contributed by atoms with van der Waals surface area (Å²) in [5, 5.41) is 4.01. The molecule has 174 valence electrons. The van der Waals surface area contributed by atoms with E-state index in [0.29, 0.717) is 5.11 Å². The molecule has 1 aliphatic heterocycles. The Balaban J connectivity index is 1.40. The number of benzene rings is 2. The topological polar surface area (TPSA) is 33.1 Å². The molecule has 1 fully saturated rings. The van der Waals surface area contributed by atoms with Crippen LogP contribution in [-0.4, -0.2) is 38.9 Å². The molecule has 3 aromatic rings. The fourth-order valence-electron chi connectivity index (χ4n) is 4.18. The van der Waals surface area contributed by atoms with Crippen molar-refractivity contribution in [3.05, 3.63) is 77.9 Å². The van der Waals surface area contributed by atoms with Gasteiger partial charge >= 0.3 is 6.18 Å². The summed E-state index contributed by atoms with van der Waals surface area (Å²) in [6.45, 7) is 1.69. The standard InChI is InChI=1S/C24H25F3N4S2/c1-33-20-7-4-6-19(15-20)29-23(32)30-12-9-17(10-13-30)22-28-11-14-31(22)16-18-5-2-3-8-21(18)24(25,26)27/h2-8,11,14-15,17H,9-10,12-13,16H2,1H3,(H,29,32). The van der Waals surface area contributed by atoms with Gasteiger partial charge in [0.05, 0.1) is 5.56 Å². The van der Waals surface area contributed by atoms with Crippen LogP contribution in [0.15, 0.2) is 65.8 Å². The largest absolute Gasteiger partial charge is 0.416 e. The van der Waals surface area contributed by atoms with Gasteiger partial charge in [-0.15, -0.1) is 11.8 Å². The fraction of sp³-hybridized carbons (Fsp3) is 0.333. The molecule has 0 bridgehead atoms. The van der Waals surface area contributed by atoms with Crippen LogP contribution in [0.25, 0.3) is 0 Å². The minimum atomic E-state index is -4.37. The first-order valence-corrected chi connectivity index (χ1v) is 12.3. The molecule has 33 heavy (non-hydrogen) atoms. The second-order valence-electron chi connectivity index (χ2n) is 7.99. The number of likely N-dealkylation sites (tertiary alicyclic amines) is 1. The summed E-state index contributed by atoms with van der Waals surface area (Å²) < 4.78 is 42.0. The van der Waals surface area contributed by atoms with Gasteiger partial charge in [-0.1, -0.05) is 24.3 Å². The molecule has 0 atom stereocenters. The molecule has 0 radical (unpaired) electrons. The lowest BCUT2D eigenvalue weighted by Gasteiger charge is -2.34. The fourth-order valence-corrected chi connectivity index (χ4v) is 4.94. The Bertz CT molecular complexity index is 1100. The van der Waals surface area contributed by atoms with Crippen molar-refractivity contribution in [3.63, 3.8) is 0 Å². The predicted octanol–water partition coefficient (Wildman–Crippen LogP) is 6.25. The summed E-state index contributed by atoms with van der Waals surface area (Å²) >= 11 is 7.30. The van der Waals surface area contributed by atoms with E-state index in [4.69, 9.17) is 12.2 Å². The highest BCUT2D eigenvalue weighted by atomic mass is 32.2. The molecule has 0 spiro atoms. The van der Waals surface area contributed by atoms with E-state index in [0.717, 1.165) is 43.5 Å². The molecule has 0 unspecified atom stereocenters. The van der Waals surface area contributed by atoms with E-state index in [1.54, 1.807) is 30.2 Å². The van der Waals surface area contributed by atoms with E-state index >= 15 is 0 Å². The van der Waals surface area contributed by atoms with Crippen LogP contribution in [0.2, 0.25) is 0 Å². The van der Waals surface area contributed by atoms with Crippen molar-refractivity contribution in [2.24, 2.45) is 0 Å². The van der Waals surface area contributed by atoms with Crippen molar-refractivity contribution < 1.29 is 13.2 Å². The number of halogens is 3. The monoisotopic (exact) mass is 490 g/mol. The molecular formula is C24H25F3N4S2. The lowest BCUT2D eigenvalue weighted by molar-refractivity contribution is -0.138. The normalized spacial score (nSPS) is 15.0. The van der Waals surface area contributed by atoms with E-state index in [2.05, 4.69) is 27.3 Å². The van der Waals surface area contributed by atoms with Crippen LogP contribution in [0.1, 0.15) is 35.7 Å². The minimum Gasteiger partial charge on any atom is -0.349 e. The molecule has 4 rings (SSSR count). The Morgan fingerprint density at radius 3 is 2.64 bits per heavy atom. The second-order valence-corrected chi connectivity index (χ2v) is 9.26. The molecule has 1 saturated heterocycles. The van der Waals surface area contributed by atoms with Crippen LogP contribution in [0.5, 0.6) is 0 Å². The Labute approximate surface area is 201 Å². The van der Waals surface area contributed by atoms with Gasteiger partial charge in [0.1, 0.15) is 5.82 Å². The third kappa shape index (κ3) is 5.70. The number of nitrogens with one attached hydrogen (secondary N) is 1. The van der Waals surface area contributed by atoms with Crippen molar-refractivity contribution in [1.29, 1.82) is 0 Å². The Kier molecular flexibility index (Phi) is 7.29. The van der Waals surface area contributed by atoms with Crippen molar-refractivity contribution >= 4 is 34.8 Å². The van der Waals surface area contributed by atoms with Gasteiger partial charge in [0.2, 0.25) is 0 Å². The van der Waals surface area contributed by atoms with E-state index in [1.165, 1.54) is 17.0 Å². The highest BCUT2D eigenvalue weighted by Crippen LogP contribution is 2.33. The second kappa shape index (κ2) is 10.2. The number of rotatable bonds is 5. The summed E-state index contributed by atoms with van der Waals surface area (Å²) in [7, 11) is 0. The van der Waals surface area contributed by atoms with Crippen LogP contribution < -0.4 is 5.32 Å². The highest BCUT2D eigenvalue weighted by Gasteiger charge is 2.33. The maximum atomic E-state index is 13.4. The van der Waals surface area contributed by atoms with Gasteiger partial charge in [-0.25, -0.2) is 4.98 Å². The van der Waals surface area contributed by atoms with Gasteiger partial charge in [-0.3, -0.25) is 0 Å². The summed E-state index contributed by atoms with van der Waals surface area (Å²) in [6.07, 6.45) is 2.77. The number of thioether (sulfide) groups is 1. The molecule has 1 aromatic heterocycles. The third-order valence-electron chi connectivity index (χ3n) is 5.88. The Hall–Kier alpha value is -2.52. The zero-order valence-electron chi connectivity index (χ0n) is 18.2. The van der Waals surface area contributed by atoms with Crippen molar-refractivity contribution in [3.8, 4) is 0 Å². The lowest BCUT2D eigenvalue weighted by Crippen LogP contribution is -2.40. The smallest absolute Gasteiger partial charge is 0.349 e. The molecule has 0 amide bonds. The average Bonchev–Trinajstić information content (AvgIpc) is 3.27. The zero-order chi connectivity index (χ0) is 23.4. The van der Waals surface area contributed by atoms with Crippen molar-refractivity contribution in [2.75, 3.05) is 24.7 Å². The summed E-state index contributed by atoms with van der Waals surface area (Å²) in [4.78, 5) is 7.81. The van der Waals surface area contributed by atoms with Gasteiger partial charge in [0.15, 0.2) is 5.11 Å². The number of nitrogens with zero attached hydrogens (tertiary/aromatic N) is 3. The summed E-state index contributed by atoms with van der Waals surface area (Å²) in [6, 6.07) is 13.8. The summed E-state index contributed by atoms with van der Waals surface area (Å²) in [5.74, 6) is 1.01. The summed E-state index contributed by atoms with van der Waals surface area (Å²) in [5.41, 5.74) is 0.619. The number of aromatic nitrogens is 2. The number of hydrogen-bond acceptors (Lipinski definition) is 3. The number of hydrogen-bond donors (Lipinski definition) is 1. The molecular weight excluding hydrogens is 465 g/mol. The Morgan fingerprint density at radius 1 is 1.15 bits per heavy atom.